The van der Waals surface area contributed by atoms with Crippen molar-refractivity contribution >= 4 is 17.8 Å². The summed E-state index contributed by atoms with van der Waals surface area (Å²) in [5.41, 5.74) is 0. The monoisotopic (exact) mass is 282 g/mol. The molecule has 0 aromatic rings. The van der Waals surface area contributed by atoms with Crippen molar-refractivity contribution in [1.82, 2.24) is 10.6 Å². The fourth-order valence-corrected chi connectivity index (χ4v) is 2.16. The number of carbonyl (C=O) groups excluding carboxylic acids is 2. The number of hydrogen-bond acceptors (Lipinski definition) is 3. The summed E-state index contributed by atoms with van der Waals surface area (Å²) in [7, 11) is 0. The van der Waals surface area contributed by atoms with Crippen LogP contribution in [-0.2, 0) is 14.4 Å². The average Bonchev–Trinajstić information content (AvgIpc) is 2.44. The van der Waals surface area contributed by atoms with Gasteiger partial charge in [0.15, 0.2) is 0 Å². The zero-order chi connectivity index (χ0) is 15.1. The second-order valence-electron chi connectivity index (χ2n) is 5.02. The van der Waals surface area contributed by atoms with E-state index in [0.717, 1.165) is 6.42 Å². The fourth-order valence-electron chi connectivity index (χ4n) is 2.16. The lowest BCUT2D eigenvalue weighted by molar-refractivity contribution is -0.147. The van der Waals surface area contributed by atoms with Crippen molar-refractivity contribution in [2.75, 3.05) is 6.54 Å². The van der Waals surface area contributed by atoms with Gasteiger partial charge in [-0.05, 0) is 26.2 Å². The van der Waals surface area contributed by atoms with Crippen molar-refractivity contribution < 1.29 is 19.5 Å². The molecule has 0 aliphatic heterocycles. The molecule has 0 spiro atoms. The van der Waals surface area contributed by atoms with Crippen LogP contribution in [0.5, 0.6) is 0 Å². The number of nitrogens with one attached hydrogen (secondary N) is 2. The number of allylic oxidation sites excluding steroid dienone is 2. The highest BCUT2D eigenvalue weighted by Crippen LogP contribution is 2.26. The predicted molar refractivity (Wildman–Crippen MR) is 73.9 cm³/mol. The van der Waals surface area contributed by atoms with E-state index in [1.54, 1.807) is 13.0 Å². The van der Waals surface area contributed by atoms with Gasteiger partial charge < -0.3 is 15.7 Å². The molecule has 1 aliphatic carbocycles. The molecule has 3 atom stereocenters. The highest BCUT2D eigenvalue weighted by atomic mass is 16.4. The topological polar surface area (TPSA) is 95.5 Å². The smallest absolute Gasteiger partial charge is 0.307 e. The van der Waals surface area contributed by atoms with Crippen LogP contribution >= 0.6 is 0 Å². The maximum absolute atomic E-state index is 12.1. The lowest BCUT2D eigenvalue weighted by Crippen LogP contribution is -2.48. The summed E-state index contributed by atoms with van der Waals surface area (Å²) in [5, 5.41) is 14.4. The third-order valence-corrected chi connectivity index (χ3v) is 3.39. The molecular weight excluding hydrogens is 260 g/mol. The van der Waals surface area contributed by atoms with E-state index in [1.165, 1.54) is 0 Å². The van der Waals surface area contributed by atoms with Gasteiger partial charge in [-0.3, -0.25) is 14.4 Å². The largest absolute Gasteiger partial charge is 0.481 e. The Balaban J connectivity index is 2.58. The molecule has 6 heteroatoms. The van der Waals surface area contributed by atoms with E-state index in [2.05, 4.69) is 10.6 Å². The van der Waals surface area contributed by atoms with Gasteiger partial charge in [-0.1, -0.05) is 19.1 Å². The van der Waals surface area contributed by atoms with E-state index in [4.69, 9.17) is 5.11 Å². The Labute approximate surface area is 118 Å². The summed E-state index contributed by atoms with van der Waals surface area (Å²) in [5.74, 6) is -2.93. The number of carbonyl (C=O) groups is 3. The summed E-state index contributed by atoms with van der Waals surface area (Å²) in [6.45, 7) is 4.09. The Morgan fingerprint density at radius 1 is 1.25 bits per heavy atom. The van der Waals surface area contributed by atoms with Crippen molar-refractivity contribution in [3.05, 3.63) is 12.2 Å². The van der Waals surface area contributed by atoms with Gasteiger partial charge in [0.05, 0.1) is 11.8 Å². The second kappa shape index (κ2) is 7.67. The van der Waals surface area contributed by atoms with Crippen LogP contribution in [0.1, 0.15) is 33.1 Å². The molecule has 0 saturated carbocycles. The minimum atomic E-state index is -0.974. The van der Waals surface area contributed by atoms with E-state index >= 15 is 0 Å². The number of carboxylic acid groups (broad SMARTS) is 1. The van der Waals surface area contributed by atoms with Gasteiger partial charge >= 0.3 is 5.97 Å². The molecule has 0 bridgehead atoms. The molecule has 1 aliphatic rings. The first-order valence-corrected chi connectivity index (χ1v) is 6.93. The maximum Gasteiger partial charge on any atom is 0.307 e. The lowest BCUT2D eigenvalue weighted by atomic mass is 9.82. The predicted octanol–water partition coefficient (Wildman–Crippen LogP) is 0.684. The van der Waals surface area contributed by atoms with Gasteiger partial charge in [0, 0.05) is 6.54 Å². The third-order valence-electron chi connectivity index (χ3n) is 3.39. The fraction of sp³-hybridized carbons (Fsp3) is 0.643. The SMILES string of the molecule is CCCNC(=O)C(C)NC(=O)[C@@H]1CC=CC[C@@H]1C(=O)O. The number of aliphatic carboxylic acids is 1. The Kier molecular flexibility index (Phi) is 6.21. The standard InChI is InChI=1S/C14H22N2O4/c1-3-8-15-12(17)9(2)16-13(18)10-6-4-5-7-11(10)14(19)20/h4-5,9-11H,3,6-8H2,1-2H3,(H,15,17)(H,16,18)(H,19,20)/t9?,10-,11+/m1/s1. The molecule has 3 N–H and O–H groups in total. The molecule has 0 aromatic carbocycles. The summed E-state index contributed by atoms with van der Waals surface area (Å²) < 4.78 is 0. The number of hydrogen-bond donors (Lipinski definition) is 3. The van der Waals surface area contributed by atoms with E-state index in [9.17, 15) is 14.4 Å². The first kappa shape index (κ1) is 16.2. The molecule has 1 rings (SSSR count). The molecule has 1 unspecified atom stereocenters. The molecule has 20 heavy (non-hydrogen) atoms. The average molecular weight is 282 g/mol. The van der Waals surface area contributed by atoms with Crippen molar-refractivity contribution in [3.63, 3.8) is 0 Å². The van der Waals surface area contributed by atoms with Crippen molar-refractivity contribution in [2.45, 2.75) is 39.2 Å². The molecular formula is C14H22N2O4. The second-order valence-corrected chi connectivity index (χ2v) is 5.02. The molecule has 0 fully saturated rings. The molecule has 0 saturated heterocycles. The molecule has 112 valence electrons. The molecule has 6 nitrogen and oxygen atoms in total. The zero-order valence-electron chi connectivity index (χ0n) is 11.9. The van der Waals surface area contributed by atoms with Crippen LogP contribution in [0.3, 0.4) is 0 Å². The van der Waals surface area contributed by atoms with Crippen molar-refractivity contribution in [2.24, 2.45) is 11.8 Å². The van der Waals surface area contributed by atoms with Crippen LogP contribution in [-0.4, -0.2) is 35.5 Å². The first-order valence-electron chi connectivity index (χ1n) is 6.93. The van der Waals surface area contributed by atoms with E-state index in [-0.39, 0.29) is 11.8 Å². The van der Waals surface area contributed by atoms with Crippen LogP contribution in [0.2, 0.25) is 0 Å². The van der Waals surface area contributed by atoms with E-state index in [0.29, 0.717) is 19.4 Å². The number of carboxylic acids is 1. The zero-order valence-corrected chi connectivity index (χ0v) is 11.9. The van der Waals surface area contributed by atoms with Gasteiger partial charge in [0.25, 0.3) is 0 Å². The van der Waals surface area contributed by atoms with Crippen LogP contribution in [0.4, 0.5) is 0 Å². The molecule has 0 radical (unpaired) electrons. The molecule has 0 aromatic heterocycles. The highest BCUT2D eigenvalue weighted by molar-refractivity contribution is 5.90. The van der Waals surface area contributed by atoms with Crippen LogP contribution in [0, 0.1) is 11.8 Å². The Hall–Kier alpha value is -1.85. The van der Waals surface area contributed by atoms with Crippen LogP contribution in [0.15, 0.2) is 12.2 Å². The van der Waals surface area contributed by atoms with Crippen molar-refractivity contribution in [1.29, 1.82) is 0 Å². The minimum Gasteiger partial charge on any atom is -0.481 e. The maximum atomic E-state index is 12.1. The molecule has 2 amide bonds. The van der Waals surface area contributed by atoms with Crippen LogP contribution in [0.25, 0.3) is 0 Å². The summed E-state index contributed by atoms with van der Waals surface area (Å²) in [6.07, 6.45) is 5.16. The number of amides is 2. The Bertz CT molecular complexity index is 406. The third kappa shape index (κ3) is 4.36. The summed E-state index contributed by atoms with van der Waals surface area (Å²) in [6, 6.07) is -0.658. The molecule has 0 heterocycles. The van der Waals surface area contributed by atoms with Gasteiger partial charge in [-0.25, -0.2) is 0 Å². The van der Waals surface area contributed by atoms with Crippen molar-refractivity contribution in [3.8, 4) is 0 Å². The minimum absolute atomic E-state index is 0.251. The normalized spacial score (nSPS) is 22.9. The quantitative estimate of drug-likeness (QED) is 0.624. The van der Waals surface area contributed by atoms with E-state index < -0.39 is 23.8 Å². The van der Waals surface area contributed by atoms with Gasteiger partial charge in [0.2, 0.25) is 11.8 Å². The highest BCUT2D eigenvalue weighted by Gasteiger charge is 2.34. The van der Waals surface area contributed by atoms with E-state index in [1.807, 2.05) is 13.0 Å². The number of rotatable bonds is 6. The first-order chi connectivity index (χ1) is 9.47. The van der Waals surface area contributed by atoms with Crippen LogP contribution < -0.4 is 10.6 Å². The summed E-state index contributed by atoms with van der Waals surface area (Å²) in [4.78, 5) is 34.9. The lowest BCUT2D eigenvalue weighted by Gasteiger charge is -2.25. The van der Waals surface area contributed by atoms with Gasteiger partial charge in [0.1, 0.15) is 6.04 Å². The Morgan fingerprint density at radius 3 is 2.40 bits per heavy atom. The van der Waals surface area contributed by atoms with Gasteiger partial charge in [-0.2, -0.15) is 0 Å². The van der Waals surface area contributed by atoms with Gasteiger partial charge in [-0.15, -0.1) is 0 Å². The summed E-state index contributed by atoms with van der Waals surface area (Å²) >= 11 is 0. The Morgan fingerprint density at radius 2 is 1.85 bits per heavy atom.